The molecule has 0 radical (unpaired) electrons. The fourth-order valence-electron chi connectivity index (χ4n) is 2.88. The van der Waals surface area contributed by atoms with Crippen molar-refractivity contribution in [2.24, 2.45) is 0 Å². The molecule has 26 heavy (non-hydrogen) atoms. The monoisotopic (exact) mass is 362 g/mol. The second kappa shape index (κ2) is 7.19. The lowest BCUT2D eigenvalue weighted by atomic mass is 10.1. The van der Waals surface area contributed by atoms with Crippen LogP contribution in [0.4, 0.5) is 13.2 Å². The van der Waals surface area contributed by atoms with Gasteiger partial charge in [-0.05, 0) is 48.9 Å². The Morgan fingerprint density at radius 3 is 1.65 bits per heavy atom. The molecule has 0 saturated carbocycles. The molecule has 1 heterocycles. The zero-order valence-electron chi connectivity index (χ0n) is 14.1. The van der Waals surface area contributed by atoms with Gasteiger partial charge in [-0.1, -0.05) is 0 Å². The highest BCUT2D eigenvalue weighted by molar-refractivity contribution is 5.96. The van der Waals surface area contributed by atoms with E-state index in [4.69, 9.17) is 0 Å². The fourth-order valence-corrected chi connectivity index (χ4v) is 2.88. The first-order chi connectivity index (χ1) is 12.4. The van der Waals surface area contributed by atoms with Gasteiger partial charge >= 0.3 is 0 Å². The van der Waals surface area contributed by atoms with Crippen molar-refractivity contribution in [3.05, 3.63) is 70.5 Å². The second-order valence-corrected chi connectivity index (χ2v) is 6.18. The molecule has 0 N–H and O–H groups in total. The Kier molecular flexibility index (Phi) is 4.97. The molecule has 4 nitrogen and oxygen atoms in total. The lowest BCUT2D eigenvalue weighted by molar-refractivity contribution is 0.0535. The highest BCUT2D eigenvalue weighted by Gasteiger charge is 2.26. The Morgan fingerprint density at radius 2 is 1.19 bits per heavy atom. The second-order valence-electron chi connectivity index (χ2n) is 6.18. The molecule has 1 aliphatic rings. The minimum absolute atomic E-state index is 0.0674. The first-order valence-corrected chi connectivity index (χ1v) is 8.16. The van der Waals surface area contributed by atoms with Gasteiger partial charge in [0.15, 0.2) is 11.6 Å². The summed E-state index contributed by atoms with van der Waals surface area (Å²) >= 11 is 0. The van der Waals surface area contributed by atoms with Crippen LogP contribution in [0.5, 0.6) is 0 Å². The van der Waals surface area contributed by atoms with Gasteiger partial charge in [0, 0.05) is 37.3 Å². The summed E-state index contributed by atoms with van der Waals surface area (Å²) in [5.41, 5.74) is 0.852. The highest BCUT2D eigenvalue weighted by Crippen LogP contribution is 2.16. The summed E-state index contributed by atoms with van der Waals surface area (Å²) in [5.74, 6) is -3.09. The number of halogens is 3. The van der Waals surface area contributed by atoms with Gasteiger partial charge in [-0.2, -0.15) is 0 Å². The predicted molar refractivity (Wildman–Crippen MR) is 89.3 cm³/mol. The molecule has 0 aromatic heterocycles. The average molecular weight is 362 g/mol. The van der Waals surface area contributed by atoms with Crippen LogP contribution in [0.1, 0.15) is 26.3 Å². The van der Waals surface area contributed by atoms with Crippen LogP contribution in [0.25, 0.3) is 0 Å². The number of nitrogens with zero attached hydrogens (tertiary/aromatic N) is 2. The molecule has 136 valence electrons. The maximum absolute atomic E-state index is 13.3. The van der Waals surface area contributed by atoms with E-state index in [0.717, 1.165) is 12.1 Å². The lowest BCUT2D eigenvalue weighted by Crippen LogP contribution is -2.50. The van der Waals surface area contributed by atoms with E-state index in [0.29, 0.717) is 24.2 Å². The Morgan fingerprint density at radius 1 is 0.731 bits per heavy atom. The summed E-state index contributed by atoms with van der Waals surface area (Å²) in [7, 11) is 0. The summed E-state index contributed by atoms with van der Waals surface area (Å²) in [6, 6.07) is 7.21. The molecule has 0 bridgehead atoms. The number of carbonyl (C=O) groups is 2. The van der Waals surface area contributed by atoms with Gasteiger partial charge in [-0.3, -0.25) is 9.59 Å². The predicted octanol–water partition coefficient (Wildman–Crippen LogP) is 3.01. The van der Waals surface area contributed by atoms with Crippen molar-refractivity contribution in [3.63, 3.8) is 0 Å². The number of rotatable bonds is 2. The number of hydrogen-bond acceptors (Lipinski definition) is 2. The molecule has 7 heteroatoms. The molecule has 1 aliphatic heterocycles. The van der Waals surface area contributed by atoms with Gasteiger partial charge in [-0.15, -0.1) is 0 Å². The Labute approximate surface area is 148 Å². The lowest BCUT2D eigenvalue weighted by Gasteiger charge is -2.35. The zero-order chi connectivity index (χ0) is 18.8. The minimum atomic E-state index is -1.07. The number of piperazine rings is 1. The van der Waals surface area contributed by atoms with Gasteiger partial charge in [0.05, 0.1) is 0 Å². The van der Waals surface area contributed by atoms with E-state index in [2.05, 4.69) is 0 Å². The van der Waals surface area contributed by atoms with E-state index in [9.17, 15) is 22.8 Å². The van der Waals surface area contributed by atoms with E-state index in [1.54, 1.807) is 11.8 Å². The van der Waals surface area contributed by atoms with Gasteiger partial charge in [0.25, 0.3) is 11.8 Å². The highest BCUT2D eigenvalue weighted by atomic mass is 19.2. The van der Waals surface area contributed by atoms with E-state index < -0.39 is 17.5 Å². The van der Waals surface area contributed by atoms with Crippen molar-refractivity contribution in [1.82, 2.24) is 9.80 Å². The van der Waals surface area contributed by atoms with Crippen molar-refractivity contribution >= 4 is 11.8 Å². The molecular weight excluding hydrogens is 345 g/mol. The molecule has 0 atom stereocenters. The number of amides is 2. The SMILES string of the molecule is Cc1cc(C(=O)N2CCN(C(=O)c3ccc(F)c(F)c3)CC2)ccc1F. The smallest absolute Gasteiger partial charge is 0.254 e. The number of carbonyl (C=O) groups excluding carboxylic acids is 2. The summed E-state index contributed by atoms with van der Waals surface area (Å²) in [6.07, 6.45) is 0. The maximum atomic E-state index is 13.3. The number of hydrogen-bond donors (Lipinski definition) is 0. The van der Waals surface area contributed by atoms with E-state index in [1.807, 2.05) is 0 Å². The summed E-state index contributed by atoms with van der Waals surface area (Å²) in [4.78, 5) is 28.0. The number of aryl methyl sites for hydroxylation is 1. The first kappa shape index (κ1) is 18.0. The summed E-state index contributed by atoms with van der Waals surface area (Å²) in [5, 5.41) is 0. The van der Waals surface area contributed by atoms with Crippen LogP contribution in [-0.2, 0) is 0 Å². The Bertz CT molecular complexity index is 790. The van der Waals surface area contributed by atoms with Crippen LogP contribution in [0.2, 0.25) is 0 Å². The third-order valence-corrected chi connectivity index (χ3v) is 4.43. The van der Waals surface area contributed by atoms with Crippen LogP contribution in [0.3, 0.4) is 0 Å². The molecule has 0 spiro atoms. The van der Waals surface area contributed by atoms with Crippen LogP contribution in [0.15, 0.2) is 36.4 Å². The third kappa shape index (κ3) is 3.56. The topological polar surface area (TPSA) is 40.6 Å². The van der Waals surface area contributed by atoms with E-state index in [-0.39, 0.29) is 30.4 Å². The van der Waals surface area contributed by atoms with Gasteiger partial charge in [-0.25, -0.2) is 13.2 Å². The molecule has 1 fully saturated rings. The van der Waals surface area contributed by atoms with Gasteiger partial charge in [0.2, 0.25) is 0 Å². The molecule has 2 amide bonds. The normalized spacial score (nSPS) is 14.5. The molecule has 0 unspecified atom stereocenters. The van der Waals surface area contributed by atoms with Crippen LogP contribution in [0, 0.1) is 24.4 Å². The largest absolute Gasteiger partial charge is 0.335 e. The molecule has 1 saturated heterocycles. The van der Waals surface area contributed by atoms with Crippen molar-refractivity contribution in [2.75, 3.05) is 26.2 Å². The molecule has 2 aromatic carbocycles. The van der Waals surface area contributed by atoms with Crippen molar-refractivity contribution in [3.8, 4) is 0 Å². The Balaban J connectivity index is 1.64. The average Bonchev–Trinajstić information content (AvgIpc) is 2.65. The standard InChI is InChI=1S/C19H17F3N2O2/c1-12-10-13(2-4-15(12)20)18(25)23-6-8-24(9-7-23)19(26)14-3-5-16(21)17(22)11-14/h2-5,10-11H,6-9H2,1H3. The molecule has 3 rings (SSSR count). The molecule has 2 aromatic rings. The summed E-state index contributed by atoms with van der Waals surface area (Å²) in [6.45, 7) is 2.77. The van der Waals surface area contributed by atoms with Gasteiger partial charge < -0.3 is 9.80 Å². The quantitative estimate of drug-likeness (QED) is 0.824. The van der Waals surface area contributed by atoms with Gasteiger partial charge in [0.1, 0.15) is 5.82 Å². The zero-order valence-corrected chi connectivity index (χ0v) is 14.1. The van der Waals surface area contributed by atoms with E-state index >= 15 is 0 Å². The van der Waals surface area contributed by atoms with E-state index in [1.165, 1.54) is 29.2 Å². The maximum Gasteiger partial charge on any atom is 0.254 e. The third-order valence-electron chi connectivity index (χ3n) is 4.43. The fraction of sp³-hybridized carbons (Fsp3) is 0.263. The molecule has 0 aliphatic carbocycles. The van der Waals surface area contributed by atoms with Crippen molar-refractivity contribution < 1.29 is 22.8 Å². The van der Waals surface area contributed by atoms with Crippen LogP contribution < -0.4 is 0 Å². The Hall–Kier alpha value is -2.83. The number of benzene rings is 2. The summed E-state index contributed by atoms with van der Waals surface area (Å²) < 4.78 is 39.6. The van der Waals surface area contributed by atoms with Crippen LogP contribution in [-0.4, -0.2) is 47.8 Å². The molecular formula is C19H17F3N2O2. The van der Waals surface area contributed by atoms with Crippen molar-refractivity contribution in [1.29, 1.82) is 0 Å². The first-order valence-electron chi connectivity index (χ1n) is 8.16. The van der Waals surface area contributed by atoms with Crippen LogP contribution >= 0.6 is 0 Å². The van der Waals surface area contributed by atoms with Crippen molar-refractivity contribution in [2.45, 2.75) is 6.92 Å². The minimum Gasteiger partial charge on any atom is -0.335 e.